The molecule has 6 aromatic rings. The monoisotopic (exact) mass is 444 g/mol. The highest BCUT2D eigenvalue weighted by Crippen LogP contribution is 2.42. The third-order valence-electron chi connectivity index (χ3n) is 7.91. The smallest absolute Gasteiger partial charge is 0.456 e. The maximum Gasteiger partial charge on any atom is 0.498 e. The summed E-state index contributed by atoms with van der Waals surface area (Å²) in [4.78, 5) is 0. The SMILES string of the molecule is CC1(C)OB(c2cccc3c2oc2c3ccc3c4ccccc4c4ccccc4c32)OC1(C)C. The fourth-order valence-corrected chi connectivity index (χ4v) is 5.42. The van der Waals surface area contributed by atoms with Crippen LogP contribution >= 0.6 is 0 Å². The third-order valence-corrected chi connectivity index (χ3v) is 7.91. The molecule has 5 aromatic carbocycles. The van der Waals surface area contributed by atoms with E-state index in [-0.39, 0.29) is 0 Å². The van der Waals surface area contributed by atoms with Crippen LogP contribution in [0.4, 0.5) is 0 Å². The van der Waals surface area contributed by atoms with Gasteiger partial charge in [-0.2, -0.15) is 0 Å². The highest BCUT2D eigenvalue weighted by molar-refractivity contribution is 6.65. The number of rotatable bonds is 1. The molecule has 2 heterocycles. The molecule has 1 aliphatic heterocycles. The molecule has 1 saturated heterocycles. The number of fused-ring (bicyclic) bond motifs is 10. The summed E-state index contributed by atoms with van der Waals surface area (Å²) >= 11 is 0. The van der Waals surface area contributed by atoms with Crippen molar-refractivity contribution in [2.75, 3.05) is 0 Å². The van der Waals surface area contributed by atoms with Crippen LogP contribution in [0.5, 0.6) is 0 Å². The molecule has 0 atom stereocenters. The molecule has 0 amide bonds. The van der Waals surface area contributed by atoms with Crippen LogP contribution in [-0.4, -0.2) is 18.3 Å². The fourth-order valence-electron chi connectivity index (χ4n) is 5.42. The Balaban J connectivity index is 1.59. The van der Waals surface area contributed by atoms with Gasteiger partial charge in [0.05, 0.1) is 11.2 Å². The number of hydrogen-bond acceptors (Lipinski definition) is 3. The standard InChI is InChI=1S/C30H25BO3/c1-29(2)30(3,4)34-31(33-29)25-15-9-14-23-24-17-16-22-20-12-6-5-10-18(20)19-11-7-8-13-21(19)26(22)28(24)32-27(23)25/h5-17H,1-4H3. The first-order valence-electron chi connectivity index (χ1n) is 11.9. The van der Waals surface area contributed by atoms with Crippen molar-refractivity contribution in [3.8, 4) is 0 Å². The summed E-state index contributed by atoms with van der Waals surface area (Å²) in [5.41, 5.74) is 1.87. The third kappa shape index (κ3) is 2.55. The first-order chi connectivity index (χ1) is 16.4. The van der Waals surface area contributed by atoms with Crippen molar-refractivity contribution in [2.24, 2.45) is 0 Å². The van der Waals surface area contributed by atoms with E-state index in [4.69, 9.17) is 13.7 Å². The molecule has 0 saturated carbocycles. The van der Waals surface area contributed by atoms with Crippen LogP contribution in [0.1, 0.15) is 27.7 Å². The van der Waals surface area contributed by atoms with Gasteiger partial charge < -0.3 is 13.7 Å². The minimum atomic E-state index is -0.474. The van der Waals surface area contributed by atoms with Crippen molar-refractivity contribution in [1.82, 2.24) is 0 Å². The van der Waals surface area contributed by atoms with Crippen LogP contribution in [0.3, 0.4) is 0 Å². The normalized spacial score (nSPS) is 17.6. The summed E-state index contributed by atoms with van der Waals surface area (Å²) in [6.45, 7) is 8.32. The first kappa shape index (κ1) is 20.1. The maximum atomic E-state index is 6.74. The minimum absolute atomic E-state index is 0.409. The molecule has 3 nitrogen and oxygen atoms in total. The zero-order valence-corrected chi connectivity index (χ0v) is 19.8. The summed E-state index contributed by atoms with van der Waals surface area (Å²) in [7, 11) is -0.474. The summed E-state index contributed by atoms with van der Waals surface area (Å²) in [6, 6.07) is 27.9. The van der Waals surface area contributed by atoms with Crippen molar-refractivity contribution in [3.05, 3.63) is 78.9 Å². The average Bonchev–Trinajstić information content (AvgIpc) is 3.32. The van der Waals surface area contributed by atoms with Gasteiger partial charge in [0.15, 0.2) is 0 Å². The Kier molecular flexibility index (Phi) is 3.91. The molecule has 7 rings (SSSR count). The Morgan fingerprint density at radius 1 is 0.500 bits per heavy atom. The van der Waals surface area contributed by atoms with E-state index in [2.05, 4.69) is 107 Å². The van der Waals surface area contributed by atoms with Gasteiger partial charge in [-0.1, -0.05) is 72.8 Å². The molecular formula is C30H25BO3. The zero-order chi connectivity index (χ0) is 23.2. The van der Waals surface area contributed by atoms with E-state index < -0.39 is 18.3 Å². The lowest BCUT2D eigenvalue weighted by molar-refractivity contribution is 0.00578. The van der Waals surface area contributed by atoms with Crippen molar-refractivity contribution in [2.45, 2.75) is 38.9 Å². The largest absolute Gasteiger partial charge is 0.498 e. The molecule has 1 aromatic heterocycles. The molecule has 4 heteroatoms. The van der Waals surface area contributed by atoms with E-state index >= 15 is 0 Å². The summed E-state index contributed by atoms with van der Waals surface area (Å²) in [6.07, 6.45) is 0. The van der Waals surface area contributed by atoms with Gasteiger partial charge in [0.25, 0.3) is 0 Å². The summed E-state index contributed by atoms with van der Waals surface area (Å²) in [5.74, 6) is 0. The second kappa shape index (κ2) is 6.62. The minimum Gasteiger partial charge on any atom is -0.456 e. The van der Waals surface area contributed by atoms with Gasteiger partial charge in [-0.3, -0.25) is 0 Å². The van der Waals surface area contributed by atoms with Crippen molar-refractivity contribution < 1.29 is 13.7 Å². The van der Waals surface area contributed by atoms with Gasteiger partial charge in [-0.05, 0) is 60.7 Å². The quantitative estimate of drug-likeness (QED) is 0.196. The van der Waals surface area contributed by atoms with E-state index in [1.165, 1.54) is 26.9 Å². The molecular weight excluding hydrogens is 419 g/mol. The molecule has 0 radical (unpaired) electrons. The molecule has 0 aliphatic carbocycles. The zero-order valence-electron chi connectivity index (χ0n) is 19.8. The highest BCUT2D eigenvalue weighted by atomic mass is 16.7. The number of para-hydroxylation sites is 1. The fraction of sp³-hybridized carbons (Fsp3) is 0.200. The number of furan rings is 1. The van der Waals surface area contributed by atoms with Crippen molar-refractivity contribution in [1.29, 1.82) is 0 Å². The van der Waals surface area contributed by atoms with E-state index in [1.54, 1.807) is 0 Å². The van der Waals surface area contributed by atoms with E-state index in [0.717, 1.165) is 32.8 Å². The second-order valence-corrected chi connectivity index (χ2v) is 10.4. The molecule has 1 aliphatic rings. The molecule has 0 bridgehead atoms. The topological polar surface area (TPSA) is 31.6 Å². The lowest BCUT2D eigenvalue weighted by atomic mass is 9.78. The second-order valence-electron chi connectivity index (χ2n) is 10.4. The van der Waals surface area contributed by atoms with Crippen molar-refractivity contribution in [3.63, 3.8) is 0 Å². The molecule has 166 valence electrons. The first-order valence-corrected chi connectivity index (χ1v) is 11.9. The van der Waals surface area contributed by atoms with Gasteiger partial charge in [0.2, 0.25) is 0 Å². The van der Waals surface area contributed by atoms with E-state index in [1.807, 2.05) is 0 Å². The van der Waals surface area contributed by atoms with Crippen LogP contribution in [0.2, 0.25) is 0 Å². The average molecular weight is 444 g/mol. The van der Waals surface area contributed by atoms with Crippen LogP contribution in [0.25, 0.3) is 54.3 Å². The van der Waals surface area contributed by atoms with E-state index in [9.17, 15) is 0 Å². The lowest BCUT2D eigenvalue weighted by Gasteiger charge is -2.32. The lowest BCUT2D eigenvalue weighted by Crippen LogP contribution is -2.41. The number of hydrogen-bond donors (Lipinski definition) is 0. The molecule has 1 fully saturated rings. The van der Waals surface area contributed by atoms with Gasteiger partial charge >= 0.3 is 7.12 Å². The van der Waals surface area contributed by atoms with Gasteiger partial charge in [-0.15, -0.1) is 0 Å². The predicted molar refractivity (Wildman–Crippen MR) is 142 cm³/mol. The maximum absolute atomic E-state index is 6.74. The Hall–Kier alpha value is -3.34. The van der Waals surface area contributed by atoms with Gasteiger partial charge in [0, 0.05) is 21.6 Å². The summed E-state index contributed by atoms with van der Waals surface area (Å²) in [5, 5.41) is 9.51. The summed E-state index contributed by atoms with van der Waals surface area (Å²) < 4.78 is 19.5. The van der Waals surface area contributed by atoms with Crippen LogP contribution in [0, 0.1) is 0 Å². The van der Waals surface area contributed by atoms with Crippen LogP contribution in [0.15, 0.2) is 83.3 Å². The van der Waals surface area contributed by atoms with Crippen LogP contribution < -0.4 is 5.46 Å². The Morgan fingerprint density at radius 2 is 0.971 bits per heavy atom. The Bertz CT molecular complexity index is 1730. The molecule has 34 heavy (non-hydrogen) atoms. The Morgan fingerprint density at radius 3 is 1.62 bits per heavy atom. The molecule has 0 spiro atoms. The molecule has 0 unspecified atom stereocenters. The van der Waals surface area contributed by atoms with Crippen molar-refractivity contribution >= 4 is 66.8 Å². The molecule has 0 N–H and O–H groups in total. The van der Waals surface area contributed by atoms with Crippen LogP contribution in [-0.2, 0) is 9.31 Å². The predicted octanol–water partition coefficient (Wildman–Crippen LogP) is 7.34. The van der Waals surface area contributed by atoms with E-state index in [0.29, 0.717) is 0 Å². The Labute approximate surface area is 198 Å². The van der Waals surface area contributed by atoms with Gasteiger partial charge in [0.1, 0.15) is 11.2 Å². The number of benzene rings is 5. The van der Waals surface area contributed by atoms with Gasteiger partial charge in [-0.25, -0.2) is 0 Å². The highest BCUT2D eigenvalue weighted by Gasteiger charge is 2.52.